The number of carbonyl (C=O) groups excluding carboxylic acids is 1. The molecule has 0 bridgehead atoms. The number of benzene rings is 1. The van der Waals surface area contributed by atoms with Gasteiger partial charge < -0.3 is 29.9 Å². The molecule has 0 unspecified atom stereocenters. The summed E-state index contributed by atoms with van der Waals surface area (Å²) in [6.45, 7) is 8.50. The average Bonchev–Trinajstić information content (AvgIpc) is 3.11. The summed E-state index contributed by atoms with van der Waals surface area (Å²) in [6, 6.07) is 7.11. The Morgan fingerprint density at radius 3 is 2.47 bits per heavy atom. The lowest BCUT2D eigenvalue weighted by molar-refractivity contribution is 0.0663. The lowest BCUT2D eigenvalue weighted by atomic mass is 10.1. The van der Waals surface area contributed by atoms with Crippen molar-refractivity contribution in [2.45, 2.75) is 26.4 Å². The zero-order chi connectivity index (χ0) is 22.9. The van der Waals surface area contributed by atoms with E-state index < -0.39 is 5.60 Å². The number of amides is 2. The maximum absolute atomic E-state index is 11.8. The molecule has 3 heterocycles. The van der Waals surface area contributed by atoms with Crippen LogP contribution in [0.5, 0.6) is 0 Å². The van der Waals surface area contributed by atoms with Gasteiger partial charge in [-0.25, -0.2) is 19.7 Å². The molecule has 3 N–H and O–H groups in total. The molecule has 1 fully saturated rings. The van der Waals surface area contributed by atoms with E-state index in [0.717, 1.165) is 16.9 Å². The number of imidazole rings is 1. The van der Waals surface area contributed by atoms with Crippen molar-refractivity contribution in [1.29, 1.82) is 0 Å². The van der Waals surface area contributed by atoms with Gasteiger partial charge in [0.1, 0.15) is 16.9 Å². The largest absolute Gasteiger partial charge is 0.383 e. The maximum atomic E-state index is 11.8. The maximum Gasteiger partial charge on any atom is 0.319 e. The Labute approximate surface area is 186 Å². The van der Waals surface area contributed by atoms with E-state index in [4.69, 9.17) is 14.7 Å². The first-order valence-corrected chi connectivity index (χ1v) is 10.7. The topological polar surface area (TPSA) is 117 Å². The molecule has 1 aliphatic rings. The molecule has 0 saturated carbocycles. The van der Waals surface area contributed by atoms with Crippen molar-refractivity contribution in [3.8, 4) is 11.4 Å². The van der Waals surface area contributed by atoms with Gasteiger partial charge in [0.2, 0.25) is 0 Å². The van der Waals surface area contributed by atoms with Crippen molar-refractivity contribution in [3.63, 3.8) is 0 Å². The number of nitrogens with one attached hydrogen (secondary N) is 2. The smallest absolute Gasteiger partial charge is 0.319 e. The molecule has 0 radical (unpaired) electrons. The van der Waals surface area contributed by atoms with Gasteiger partial charge in [0.25, 0.3) is 0 Å². The van der Waals surface area contributed by atoms with Crippen LogP contribution in [-0.2, 0) is 17.4 Å². The Balaban J connectivity index is 1.77. The van der Waals surface area contributed by atoms with E-state index in [9.17, 15) is 9.90 Å². The highest BCUT2D eigenvalue weighted by atomic mass is 16.5. The Kier molecular flexibility index (Phi) is 5.98. The Hall–Kier alpha value is -3.24. The SMILES string of the molecule is CCNC(=O)Nc1ccc(-c2nc(N3CCOCC3)c3c(n2)nc(C(C)(C)O)n3C)cc1. The second-order valence-electron chi connectivity index (χ2n) is 8.26. The highest BCUT2D eigenvalue weighted by Crippen LogP contribution is 2.31. The number of fused-ring (bicyclic) bond motifs is 1. The van der Waals surface area contributed by atoms with Crippen molar-refractivity contribution in [2.75, 3.05) is 43.1 Å². The van der Waals surface area contributed by atoms with E-state index in [-0.39, 0.29) is 6.03 Å². The quantitative estimate of drug-likeness (QED) is 0.558. The molecule has 0 spiro atoms. The summed E-state index contributed by atoms with van der Waals surface area (Å²) in [7, 11) is 1.87. The number of morpholine rings is 1. The summed E-state index contributed by atoms with van der Waals surface area (Å²) in [4.78, 5) is 28.2. The van der Waals surface area contributed by atoms with Crippen molar-refractivity contribution in [1.82, 2.24) is 24.8 Å². The minimum absolute atomic E-state index is 0.250. The first-order valence-electron chi connectivity index (χ1n) is 10.7. The zero-order valence-corrected chi connectivity index (χ0v) is 18.8. The molecule has 1 aliphatic heterocycles. The number of nitrogens with zero attached hydrogens (tertiary/aromatic N) is 5. The summed E-state index contributed by atoms with van der Waals surface area (Å²) in [5.41, 5.74) is 1.67. The first-order chi connectivity index (χ1) is 15.3. The van der Waals surface area contributed by atoms with Crippen LogP contribution in [0.15, 0.2) is 24.3 Å². The fourth-order valence-electron chi connectivity index (χ4n) is 3.80. The molecule has 3 aromatic rings. The average molecular weight is 440 g/mol. The lowest BCUT2D eigenvalue weighted by Crippen LogP contribution is -2.37. The number of urea groups is 1. The third-order valence-electron chi connectivity index (χ3n) is 5.31. The van der Waals surface area contributed by atoms with Crippen LogP contribution in [-0.4, -0.2) is 63.5 Å². The number of aliphatic hydroxyl groups is 1. The van der Waals surface area contributed by atoms with Gasteiger partial charge in [0.05, 0.1) is 13.2 Å². The summed E-state index contributed by atoms with van der Waals surface area (Å²) < 4.78 is 7.38. The minimum atomic E-state index is -1.12. The molecular formula is C22H29N7O3. The molecule has 170 valence electrons. The number of anilines is 2. The predicted octanol–water partition coefficient (Wildman–Crippen LogP) is 2.24. The van der Waals surface area contributed by atoms with Crippen LogP contribution in [0.2, 0.25) is 0 Å². The molecule has 0 aliphatic carbocycles. The van der Waals surface area contributed by atoms with E-state index in [2.05, 4.69) is 20.5 Å². The molecule has 1 aromatic carbocycles. The highest BCUT2D eigenvalue weighted by molar-refractivity contribution is 5.90. The lowest BCUT2D eigenvalue weighted by Gasteiger charge is -2.28. The Morgan fingerprint density at radius 2 is 1.84 bits per heavy atom. The third kappa shape index (κ3) is 4.37. The van der Waals surface area contributed by atoms with Gasteiger partial charge in [-0.2, -0.15) is 0 Å². The van der Waals surface area contributed by atoms with Crippen LogP contribution < -0.4 is 15.5 Å². The Morgan fingerprint density at radius 1 is 1.16 bits per heavy atom. The first kappa shape index (κ1) is 22.0. The minimum Gasteiger partial charge on any atom is -0.383 e. The summed E-state index contributed by atoms with van der Waals surface area (Å²) in [5.74, 6) is 1.82. The fourth-order valence-corrected chi connectivity index (χ4v) is 3.80. The van der Waals surface area contributed by atoms with Gasteiger partial charge >= 0.3 is 6.03 Å². The monoisotopic (exact) mass is 439 g/mol. The van der Waals surface area contributed by atoms with Gasteiger partial charge in [-0.15, -0.1) is 0 Å². The molecule has 32 heavy (non-hydrogen) atoms. The van der Waals surface area contributed by atoms with Crippen LogP contribution in [0.1, 0.15) is 26.6 Å². The van der Waals surface area contributed by atoms with E-state index in [1.165, 1.54) is 0 Å². The van der Waals surface area contributed by atoms with Crippen LogP contribution in [0.4, 0.5) is 16.3 Å². The van der Waals surface area contributed by atoms with Crippen molar-refractivity contribution < 1.29 is 14.6 Å². The number of ether oxygens (including phenoxy) is 1. The molecular weight excluding hydrogens is 410 g/mol. The number of hydrogen-bond donors (Lipinski definition) is 3. The van der Waals surface area contributed by atoms with Gasteiger partial charge in [0, 0.05) is 37.9 Å². The number of aromatic nitrogens is 4. The molecule has 4 rings (SSSR count). The molecule has 2 amide bonds. The fraction of sp³-hybridized carbons (Fsp3) is 0.455. The van der Waals surface area contributed by atoms with E-state index >= 15 is 0 Å². The number of hydrogen-bond acceptors (Lipinski definition) is 7. The number of rotatable bonds is 5. The van der Waals surface area contributed by atoms with Crippen molar-refractivity contribution in [3.05, 3.63) is 30.1 Å². The number of carbonyl (C=O) groups is 1. The van der Waals surface area contributed by atoms with Crippen molar-refractivity contribution in [2.24, 2.45) is 7.05 Å². The van der Waals surface area contributed by atoms with Gasteiger partial charge in [-0.3, -0.25) is 0 Å². The molecule has 10 nitrogen and oxygen atoms in total. The van der Waals surface area contributed by atoms with Crippen LogP contribution in [0.3, 0.4) is 0 Å². The summed E-state index contributed by atoms with van der Waals surface area (Å²) >= 11 is 0. The van der Waals surface area contributed by atoms with Crippen LogP contribution >= 0.6 is 0 Å². The molecule has 2 aromatic heterocycles. The van der Waals surface area contributed by atoms with Gasteiger partial charge in [-0.1, -0.05) is 0 Å². The van der Waals surface area contributed by atoms with Crippen LogP contribution in [0.25, 0.3) is 22.6 Å². The molecule has 0 atom stereocenters. The highest BCUT2D eigenvalue weighted by Gasteiger charge is 2.28. The summed E-state index contributed by atoms with van der Waals surface area (Å²) in [5, 5.41) is 16.1. The van der Waals surface area contributed by atoms with E-state index in [1.807, 2.05) is 42.8 Å². The normalized spacial score (nSPS) is 14.6. The predicted molar refractivity (Wildman–Crippen MR) is 123 cm³/mol. The zero-order valence-electron chi connectivity index (χ0n) is 18.8. The van der Waals surface area contributed by atoms with Gasteiger partial charge in [-0.05, 0) is 45.0 Å². The molecule has 1 saturated heterocycles. The standard InChI is InChI=1S/C22H29N7O3/c1-5-23-21(30)24-15-8-6-14(7-9-15)17-25-18-16(28(4)20(27-18)22(2,3)31)19(26-17)29-10-12-32-13-11-29/h6-9,31H,5,10-13H2,1-4H3,(H2,23,24,30). The Bertz CT molecular complexity index is 1110. The third-order valence-corrected chi connectivity index (χ3v) is 5.31. The number of aryl methyl sites for hydroxylation is 1. The van der Waals surface area contributed by atoms with E-state index in [1.54, 1.807) is 13.8 Å². The second kappa shape index (κ2) is 8.71. The van der Waals surface area contributed by atoms with Crippen molar-refractivity contribution >= 4 is 28.7 Å². The van der Waals surface area contributed by atoms with E-state index in [0.29, 0.717) is 55.8 Å². The summed E-state index contributed by atoms with van der Waals surface area (Å²) in [6.07, 6.45) is 0. The molecule has 10 heteroatoms. The second-order valence-corrected chi connectivity index (χ2v) is 8.26. The van der Waals surface area contributed by atoms with Gasteiger partial charge in [0.15, 0.2) is 17.3 Å². The van der Waals surface area contributed by atoms with Crippen LogP contribution in [0, 0.1) is 0 Å².